The Morgan fingerprint density at radius 1 is 1.23 bits per heavy atom. The van der Waals surface area contributed by atoms with Crippen molar-refractivity contribution in [3.63, 3.8) is 0 Å². The first-order valence-corrected chi connectivity index (χ1v) is 7.53. The average molecular weight is 329 g/mol. The van der Waals surface area contributed by atoms with Gasteiger partial charge in [-0.15, -0.1) is 0 Å². The summed E-state index contributed by atoms with van der Waals surface area (Å²) in [6.07, 6.45) is 1.65. The number of H-pyrrole nitrogens is 1. The van der Waals surface area contributed by atoms with Crippen molar-refractivity contribution in [1.29, 1.82) is 0 Å². The van der Waals surface area contributed by atoms with Crippen LogP contribution in [-0.4, -0.2) is 9.97 Å². The smallest absolute Gasteiger partial charge is 0.199 e. The number of pyridine rings is 1. The molecule has 0 radical (unpaired) electrons. The van der Waals surface area contributed by atoms with Gasteiger partial charge in [0.25, 0.3) is 0 Å². The number of hydrogen-bond acceptors (Lipinski definition) is 2. The van der Waals surface area contributed by atoms with Gasteiger partial charge in [-0.3, -0.25) is 4.79 Å². The summed E-state index contributed by atoms with van der Waals surface area (Å²) in [5.74, 6) is 0. The third-order valence-electron chi connectivity index (χ3n) is 3.45. The molecule has 0 saturated carbocycles. The average Bonchev–Trinajstić information content (AvgIpc) is 2.48. The highest BCUT2D eigenvalue weighted by atomic mass is 35.5. The van der Waals surface area contributed by atoms with Crippen molar-refractivity contribution in [3.8, 4) is 0 Å². The van der Waals surface area contributed by atoms with Gasteiger partial charge < -0.3 is 10.3 Å². The number of nitrogens with one attached hydrogen (secondary N) is 2. The van der Waals surface area contributed by atoms with E-state index in [0.717, 1.165) is 16.8 Å². The van der Waals surface area contributed by atoms with E-state index in [1.54, 1.807) is 24.4 Å². The molecule has 0 fully saturated rings. The lowest BCUT2D eigenvalue weighted by Gasteiger charge is -2.09. The van der Waals surface area contributed by atoms with Gasteiger partial charge in [0.1, 0.15) is 4.99 Å². The Bertz CT molecular complexity index is 933. The van der Waals surface area contributed by atoms with E-state index >= 15 is 0 Å². The van der Waals surface area contributed by atoms with Crippen molar-refractivity contribution in [3.05, 3.63) is 75.0 Å². The summed E-state index contributed by atoms with van der Waals surface area (Å²) in [7, 11) is 0. The lowest BCUT2D eigenvalue weighted by molar-refractivity contribution is 1.34. The highest BCUT2D eigenvalue weighted by molar-refractivity contribution is 7.81. The SMILES string of the molecule is Cc1cccc2c(=O)c(C(=S)Nc3cccc(Cl)c3)c[nH]c12. The fourth-order valence-corrected chi connectivity index (χ4v) is 2.80. The minimum absolute atomic E-state index is 0.0861. The van der Waals surface area contributed by atoms with Crippen LogP contribution in [0, 0.1) is 6.92 Å². The quantitative estimate of drug-likeness (QED) is 0.690. The minimum atomic E-state index is -0.0861. The van der Waals surface area contributed by atoms with E-state index in [9.17, 15) is 4.79 Å². The molecule has 2 aromatic carbocycles. The second-order valence-electron chi connectivity index (χ2n) is 4.99. The molecular weight excluding hydrogens is 316 g/mol. The Hall–Kier alpha value is -2.17. The molecule has 0 unspecified atom stereocenters. The van der Waals surface area contributed by atoms with Gasteiger partial charge in [-0.05, 0) is 36.8 Å². The number of aryl methyl sites for hydroxylation is 1. The standard InChI is InChI=1S/C17H13ClN2OS/c1-10-4-2-7-13-15(10)19-9-14(16(13)21)17(22)20-12-6-3-5-11(18)8-12/h2-9H,1H3,(H,19,21)(H,20,22). The fraction of sp³-hybridized carbons (Fsp3) is 0.0588. The fourth-order valence-electron chi connectivity index (χ4n) is 2.34. The van der Waals surface area contributed by atoms with Gasteiger partial charge in [-0.1, -0.05) is 42.0 Å². The number of aromatic amines is 1. The maximum Gasteiger partial charge on any atom is 0.199 e. The lowest BCUT2D eigenvalue weighted by Crippen LogP contribution is -2.21. The molecule has 3 rings (SSSR count). The van der Waals surface area contributed by atoms with E-state index in [0.29, 0.717) is 21.0 Å². The third-order valence-corrected chi connectivity index (χ3v) is 4.01. The van der Waals surface area contributed by atoms with Gasteiger partial charge in [0.15, 0.2) is 5.43 Å². The Morgan fingerprint density at radius 3 is 2.77 bits per heavy atom. The van der Waals surface area contributed by atoms with Gasteiger partial charge in [0, 0.05) is 22.3 Å². The molecule has 0 aliphatic heterocycles. The monoisotopic (exact) mass is 328 g/mol. The topological polar surface area (TPSA) is 44.9 Å². The Labute approximate surface area is 137 Å². The molecule has 1 aromatic heterocycles. The van der Waals surface area contributed by atoms with Crippen LogP contribution in [0.5, 0.6) is 0 Å². The number of rotatable bonds is 2. The molecule has 3 aromatic rings. The van der Waals surface area contributed by atoms with E-state index in [-0.39, 0.29) is 5.43 Å². The summed E-state index contributed by atoms with van der Waals surface area (Å²) in [4.78, 5) is 16.1. The number of hydrogen-bond donors (Lipinski definition) is 2. The van der Waals surface area contributed by atoms with Crippen LogP contribution in [0.4, 0.5) is 5.69 Å². The van der Waals surface area contributed by atoms with Crippen LogP contribution < -0.4 is 10.7 Å². The summed E-state index contributed by atoms with van der Waals surface area (Å²) in [6, 6.07) is 12.8. The third kappa shape index (κ3) is 2.75. The molecule has 2 N–H and O–H groups in total. The van der Waals surface area contributed by atoms with Gasteiger partial charge >= 0.3 is 0 Å². The highest BCUT2D eigenvalue weighted by Gasteiger charge is 2.11. The number of aromatic nitrogens is 1. The van der Waals surface area contributed by atoms with Gasteiger partial charge in [-0.2, -0.15) is 0 Å². The van der Waals surface area contributed by atoms with Crippen LogP contribution in [0.1, 0.15) is 11.1 Å². The van der Waals surface area contributed by atoms with E-state index < -0.39 is 0 Å². The maximum atomic E-state index is 12.6. The first kappa shape index (κ1) is 14.8. The van der Waals surface area contributed by atoms with E-state index in [1.165, 1.54) is 0 Å². The first-order valence-electron chi connectivity index (χ1n) is 6.74. The van der Waals surface area contributed by atoms with Crippen molar-refractivity contribution in [2.45, 2.75) is 6.92 Å². The van der Waals surface area contributed by atoms with Crippen molar-refractivity contribution in [2.24, 2.45) is 0 Å². The molecule has 22 heavy (non-hydrogen) atoms. The largest absolute Gasteiger partial charge is 0.360 e. The second kappa shape index (κ2) is 5.91. The molecular formula is C17H13ClN2OS. The number of para-hydroxylation sites is 1. The Kier molecular flexibility index (Phi) is 3.96. The zero-order valence-corrected chi connectivity index (χ0v) is 13.4. The molecule has 0 saturated heterocycles. The normalized spacial score (nSPS) is 10.6. The van der Waals surface area contributed by atoms with Crippen molar-refractivity contribution < 1.29 is 0 Å². The molecule has 0 bridgehead atoms. The minimum Gasteiger partial charge on any atom is -0.360 e. The van der Waals surface area contributed by atoms with Crippen LogP contribution in [0.25, 0.3) is 10.9 Å². The highest BCUT2D eigenvalue weighted by Crippen LogP contribution is 2.17. The van der Waals surface area contributed by atoms with Crippen LogP contribution >= 0.6 is 23.8 Å². The molecule has 0 aliphatic rings. The summed E-state index contributed by atoms with van der Waals surface area (Å²) >= 11 is 11.3. The molecule has 0 atom stereocenters. The van der Waals surface area contributed by atoms with Crippen LogP contribution in [0.15, 0.2) is 53.5 Å². The number of thiocarbonyl (C=S) groups is 1. The van der Waals surface area contributed by atoms with Crippen molar-refractivity contribution in [1.82, 2.24) is 4.98 Å². The van der Waals surface area contributed by atoms with Gasteiger partial charge in [-0.25, -0.2) is 0 Å². The maximum absolute atomic E-state index is 12.6. The summed E-state index contributed by atoms with van der Waals surface area (Å²) in [6.45, 7) is 1.96. The number of halogens is 1. The van der Waals surface area contributed by atoms with Crippen LogP contribution in [0.2, 0.25) is 5.02 Å². The van der Waals surface area contributed by atoms with Crippen LogP contribution in [-0.2, 0) is 0 Å². The van der Waals surface area contributed by atoms with Gasteiger partial charge in [0.05, 0.1) is 11.1 Å². The molecule has 0 aliphatic carbocycles. The second-order valence-corrected chi connectivity index (χ2v) is 5.84. The molecule has 5 heteroatoms. The summed E-state index contributed by atoms with van der Waals surface area (Å²) < 4.78 is 0. The lowest BCUT2D eigenvalue weighted by atomic mass is 10.1. The van der Waals surface area contributed by atoms with E-state index in [2.05, 4.69) is 10.3 Å². The summed E-state index contributed by atoms with van der Waals surface area (Å²) in [5, 5.41) is 4.29. The zero-order valence-electron chi connectivity index (χ0n) is 11.8. The van der Waals surface area contributed by atoms with Crippen molar-refractivity contribution >= 4 is 45.4 Å². The Morgan fingerprint density at radius 2 is 2.00 bits per heavy atom. The Balaban J connectivity index is 2.01. The first-order chi connectivity index (χ1) is 10.6. The molecule has 110 valence electrons. The van der Waals surface area contributed by atoms with Crippen LogP contribution in [0.3, 0.4) is 0 Å². The molecule has 0 amide bonds. The van der Waals surface area contributed by atoms with Crippen molar-refractivity contribution in [2.75, 3.05) is 5.32 Å². The van der Waals surface area contributed by atoms with E-state index in [1.807, 2.05) is 31.2 Å². The molecule has 0 spiro atoms. The number of anilines is 1. The predicted molar refractivity (Wildman–Crippen MR) is 96.1 cm³/mol. The number of benzene rings is 2. The predicted octanol–water partition coefficient (Wildman–Crippen LogP) is 4.28. The van der Waals surface area contributed by atoms with Gasteiger partial charge in [0.2, 0.25) is 0 Å². The zero-order chi connectivity index (χ0) is 15.7. The summed E-state index contributed by atoms with van der Waals surface area (Å²) in [5.41, 5.74) is 2.96. The number of fused-ring (bicyclic) bond motifs is 1. The van der Waals surface area contributed by atoms with E-state index in [4.69, 9.17) is 23.8 Å². The molecule has 1 heterocycles. The molecule has 3 nitrogen and oxygen atoms in total.